The van der Waals surface area contributed by atoms with Crippen LogP contribution in [0, 0.1) is 23.2 Å². The third-order valence-electron chi connectivity index (χ3n) is 6.39. The molecule has 6 nitrogen and oxygen atoms in total. The van der Waals surface area contributed by atoms with E-state index in [0.717, 1.165) is 42.5 Å². The summed E-state index contributed by atoms with van der Waals surface area (Å²) in [7, 11) is 0. The lowest BCUT2D eigenvalue weighted by molar-refractivity contribution is -0.147. The summed E-state index contributed by atoms with van der Waals surface area (Å²) in [6, 6.07) is 0. The zero-order chi connectivity index (χ0) is 20.6. The molecule has 1 saturated carbocycles. The first-order chi connectivity index (χ1) is 13.1. The number of aliphatic carboxylic acids is 1. The minimum atomic E-state index is -0.923. The molecule has 1 heterocycles. The Bertz CT molecular complexity index is 793. The van der Waals surface area contributed by atoms with E-state index in [0.29, 0.717) is 29.3 Å². The monoisotopic (exact) mass is 406 g/mol. The van der Waals surface area contributed by atoms with Crippen molar-refractivity contribution in [3.05, 3.63) is 16.0 Å². The van der Waals surface area contributed by atoms with Crippen LogP contribution in [0.3, 0.4) is 0 Å². The van der Waals surface area contributed by atoms with Crippen LogP contribution in [-0.2, 0) is 22.4 Å². The third-order valence-corrected chi connectivity index (χ3v) is 7.56. The Morgan fingerprint density at radius 3 is 2.32 bits per heavy atom. The second kappa shape index (κ2) is 7.85. The first-order valence-corrected chi connectivity index (χ1v) is 10.9. The zero-order valence-electron chi connectivity index (χ0n) is 16.8. The quantitative estimate of drug-likeness (QED) is 0.706. The predicted octanol–water partition coefficient (Wildman–Crippen LogP) is 3.83. The molecule has 1 aromatic rings. The van der Waals surface area contributed by atoms with E-state index in [1.165, 1.54) is 11.3 Å². The molecule has 2 amide bonds. The smallest absolute Gasteiger partial charge is 0.307 e. The van der Waals surface area contributed by atoms with Crippen molar-refractivity contribution >= 4 is 34.1 Å². The summed E-state index contributed by atoms with van der Waals surface area (Å²) in [6.45, 7) is 6.68. The maximum absolute atomic E-state index is 12.9. The highest BCUT2D eigenvalue weighted by Crippen LogP contribution is 2.44. The first-order valence-electron chi connectivity index (χ1n) is 10.1. The van der Waals surface area contributed by atoms with E-state index < -0.39 is 23.7 Å². The highest BCUT2D eigenvalue weighted by Gasteiger charge is 2.38. The lowest BCUT2D eigenvalue weighted by atomic mass is 9.72. The van der Waals surface area contributed by atoms with Crippen LogP contribution in [0.15, 0.2) is 0 Å². The number of fused-ring (bicyclic) bond motifs is 1. The predicted molar refractivity (Wildman–Crippen MR) is 110 cm³/mol. The average molecular weight is 407 g/mol. The van der Waals surface area contributed by atoms with Gasteiger partial charge in [0.05, 0.1) is 17.4 Å². The van der Waals surface area contributed by atoms with Crippen molar-refractivity contribution in [3.63, 3.8) is 0 Å². The summed E-state index contributed by atoms with van der Waals surface area (Å²) in [5.41, 5.74) is 7.22. The molecule has 28 heavy (non-hydrogen) atoms. The van der Waals surface area contributed by atoms with Crippen LogP contribution in [-0.4, -0.2) is 22.9 Å². The highest BCUT2D eigenvalue weighted by molar-refractivity contribution is 7.17. The van der Waals surface area contributed by atoms with Gasteiger partial charge in [-0.2, -0.15) is 0 Å². The molecule has 2 aliphatic rings. The summed E-state index contributed by atoms with van der Waals surface area (Å²) >= 11 is 1.43. The van der Waals surface area contributed by atoms with E-state index in [4.69, 9.17) is 5.73 Å². The summed E-state index contributed by atoms with van der Waals surface area (Å²) in [4.78, 5) is 37.7. The Hall–Kier alpha value is -1.89. The number of amides is 2. The zero-order valence-corrected chi connectivity index (χ0v) is 17.7. The molecule has 2 aliphatic carbocycles. The van der Waals surface area contributed by atoms with E-state index in [2.05, 4.69) is 26.1 Å². The summed E-state index contributed by atoms with van der Waals surface area (Å²) in [5, 5.41) is 12.8. The average Bonchev–Trinajstić information content (AvgIpc) is 2.97. The molecule has 0 saturated heterocycles. The number of thiophene rings is 1. The molecule has 1 fully saturated rings. The number of hydrogen-bond donors (Lipinski definition) is 3. The van der Waals surface area contributed by atoms with Crippen LogP contribution in [0.4, 0.5) is 5.00 Å². The van der Waals surface area contributed by atoms with E-state index in [1.807, 2.05) is 0 Å². The van der Waals surface area contributed by atoms with Gasteiger partial charge in [0, 0.05) is 4.88 Å². The van der Waals surface area contributed by atoms with Gasteiger partial charge < -0.3 is 16.2 Å². The Morgan fingerprint density at radius 2 is 1.75 bits per heavy atom. The van der Waals surface area contributed by atoms with Gasteiger partial charge in [0.15, 0.2) is 0 Å². The molecule has 0 bridgehead atoms. The molecule has 3 unspecified atom stereocenters. The molecule has 3 atom stereocenters. The SMILES string of the molecule is CC(C)(C)C1CCc2c(sc(NC(=O)C3CCCCC3C(=O)O)c2C(N)=O)C1. The van der Waals surface area contributed by atoms with Crippen molar-refractivity contribution in [1.29, 1.82) is 0 Å². The lowest BCUT2D eigenvalue weighted by Gasteiger charge is -2.33. The molecular weight excluding hydrogens is 376 g/mol. The van der Waals surface area contributed by atoms with Crippen molar-refractivity contribution in [2.24, 2.45) is 28.9 Å². The van der Waals surface area contributed by atoms with Gasteiger partial charge in [-0.25, -0.2) is 0 Å². The van der Waals surface area contributed by atoms with E-state index in [9.17, 15) is 19.5 Å². The van der Waals surface area contributed by atoms with Gasteiger partial charge in [-0.1, -0.05) is 33.6 Å². The van der Waals surface area contributed by atoms with Crippen molar-refractivity contribution in [1.82, 2.24) is 0 Å². The minimum Gasteiger partial charge on any atom is -0.481 e. The molecule has 0 radical (unpaired) electrons. The molecule has 3 rings (SSSR count). The molecular formula is C21H30N2O4S. The van der Waals surface area contributed by atoms with E-state index in [-0.39, 0.29) is 11.3 Å². The van der Waals surface area contributed by atoms with Crippen molar-refractivity contribution in [2.75, 3.05) is 5.32 Å². The number of carboxylic acids is 1. The summed E-state index contributed by atoms with van der Waals surface area (Å²) < 4.78 is 0. The Balaban J connectivity index is 1.86. The van der Waals surface area contributed by atoms with Gasteiger partial charge in [0.1, 0.15) is 5.00 Å². The number of nitrogens with one attached hydrogen (secondary N) is 1. The lowest BCUT2D eigenvalue weighted by Crippen LogP contribution is -2.36. The number of carbonyl (C=O) groups is 3. The maximum atomic E-state index is 12.9. The fraction of sp³-hybridized carbons (Fsp3) is 0.667. The summed E-state index contributed by atoms with van der Waals surface area (Å²) in [6.07, 6.45) is 5.40. The first kappa shape index (κ1) is 20.8. The van der Waals surface area contributed by atoms with Gasteiger partial charge in [0.25, 0.3) is 5.91 Å². The number of hydrogen-bond acceptors (Lipinski definition) is 4. The van der Waals surface area contributed by atoms with Crippen molar-refractivity contribution in [3.8, 4) is 0 Å². The van der Waals surface area contributed by atoms with Gasteiger partial charge in [0.2, 0.25) is 5.91 Å². The van der Waals surface area contributed by atoms with Gasteiger partial charge in [-0.15, -0.1) is 11.3 Å². The number of anilines is 1. The third kappa shape index (κ3) is 4.09. The van der Waals surface area contributed by atoms with Gasteiger partial charge in [-0.3, -0.25) is 14.4 Å². The standard InChI is InChI=1S/C21H30N2O4S/c1-21(2,3)11-8-9-14-15(10-11)28-19(16(14)17(22)24)23-18(25)12-6-4-5-7-13(12)20(26)27/h11-13H,4-10H2,1-3H3,(H2,22,24)(H,23,25)(H,26,27). The number of carboxylic acid groups (broad SMARTS) is 1. The number of rotatable bonds is 4. The minimum absolute atomic E-state index is 0.175. The molecule has 0 aliphatic heterocycles. The maximum Gasteiger partial charge on any atom is 0.307 e. The number of primary amides is 1. The molecule has 7 heteroatoms. The van der Waals surface area contributed by atoms with Crippen LogP contribution in [0.2, 0.25) is 0 Å². The Labute approximate surface area is 169 Å². The van der Waals surface area contributed by atoms with Crippen LogP contribution in [0.1, 0.15) is 73.7 Å². The van der Waals surface area contributed by atoms with Gasteiger partial charge in [-0.05, 0) is 49.0 Å². The highest BCUT2D eigenvalue weighted by atomic mass is 32.1. The molecule has 154 valence electrons. The largest absolute Gasteiger partial charge is 0.481 e. The topological polar surface area (TPSA) is 109 Å². The number of nitrogens with two attached hydrogens (primary N) is 1. The Kier molecular flexibility index (Phi) is 5.84. The van der Waals surface area contributed by atoms with Gasteiger partial charge >= 0.3 is 5.97 Å². The van der Waals surface area contributed by atoms with Crippen molar-refractivity contribution in [2.45, 2.75) is 65.7 Å². The van der Waals surface area contributed by atoms with Crippen LogP contribution < -0.4 is 11.1 Å². The van der Waals surface area contributed by atoms with E-state index >= 15 is 0 Å². The molecule has 0 aromatic carbocycles. The molecule has 4 N–H and O–H groups in total. The molecule has 1 aromatic heterocycles. The van der Waals surface area contributed by atoms with E-state index in [1.54, 1.807) is 0 Å². The van der Waals surface area contributed by atoms with Crippen LogP contribution in [0.25, 0.3) is 0 Å². The fourth-order valence-electron chi connectivity index (χ4n) is 4.62. The normalized spacial score (nSPS) is 25.0. The van der Waals surface area contributed by atoms with Crippen molar-refractivity contribution < 1.29 is 19.5 Å². The Morgan fingerprint density at radius 1 is 1.11 bits per heavy atom. The summed E-state index contributed by atoms with van der Waals surface area (Å²) in [5.74, 6) is -2.47. The van der Waals surface area contributed by atoms with Crippen LogP contribution in [0.5, 0.6) is 0 Å². The number of carbonyl (C=O) groups excluding carboxylic acids is 2. The fourth-order valence-corrected chi connectivity index (χ4v) is 5.95. The second-order valence-corrected chi connectivity index (χ2v) is 10.3. The molecule has 0 spiro atoms. The second-order valence-electron chi connectivity index (χ2n) is 9.20. The van der Waals surface area contributed by atoms with Crippen LogP contribution >= 0.6 is 11.3 Å².